The molecule has 0 saturated carbocycles. The summed E-state index contributed by atoms with van der Waals surface area (Å²) in [6.07, 6.45) is 0.843. The van der Waals surface area contributed by atoms with Crippen LogP contribution in [0.2, 0.25) is 0 Å². The number of amides is 3. The third-order valence-electron chi connectivity index (χ3n) is 6.62. The third-order valence-corrected chi connectivity index (χ3v) is 7.46. The maximum absolute atomic E-state index is 13.1. The molecule has 1 aromatic heterocycles. The van der Waals surface area contributed by atoms with Gasteiger partial charge in [-0.1, -0.05) is 43.3 Å². The zero-order chi connectivity index (χ0) is 25.7. The van der Waals surface area contributed by atoms with Gasteiger partial charge in [0, 0.05) is 49.0 Å². The van der Waals surface area contributed by atoms with Gasteiger partial charge in [-0.15, -0.1) is 11.3 Å². The van der Waals surface area contributed by atoms with Crippen LogP contribution in [0.4, 0.5) is 16.2 Å². The molecule has 0 radical (unpaired) electrons. The van der Waals surface area contributed by atoms with Crippen molar-refractivity contribution >= 4 is 34.6 Å². The molecule has 1 aliphatic rings. The summed E-state index contributed by atoms with van der Waals surface area (Å²) in [4.78, 5) is 36.8. The van der Waals surface area contributed by atoms with Crippen molar-refractivity contribution in [2.24, 2.45) is 0 Å². The fraction of sp³-hybridized carbons (Fsp3) is 0.393. The van der Waals surface area contributed by atoms with Gasteiger partial charge in [-0.25, -0.2) is 9.78 Å². The first kappa shape index (κ1) is 25.7. The van der Waals surface area contributed by atoms with Crippen LogP contribution < -0.4 is 10.2 Å². The number of aromatic nitrogens is 1. The topological polar surface area (TPSA) is 68.8 Å². The summed E-state index contributed by atoms with van der Waals surface area (Å²) >= 11 is 1.43. The number of nitrogens with one attached hydrogen (secondary N) is 1. The number of benzene rings is 2. The van der Waals surface area contributed by atoms with Crippen molar-refractivity contribution in [3.8, 4) is 0 Å². The maximum Gasteiger partial charge on any atom is 0.322 e. The second-order valence-corrected chi connectivity index (χ2v) is 10.3. The van der Waals surface area contributed by atoms with Crippen molar-refractivity contribution in [1.29, 1.82) is 0 Å². The van der Waals surface area contributed by atoms with Crippen LogP contribution in [0.5, 0.6) is 0 Å². The van der Waals surface area contributed by atoms with Crippen LogP contribution in [0.1, 0.15) is 47.4 Å². The largest absolute Gasteiger partial charge is 0.368 e. The summed E-state index contributed by atoms with van der Waals surface area (Å²) in [7, 11) is 0. The molecule has 3 amide bonds. The van der Waals surface area contributed by atoms with Crippen LogP contribution in [0.15, 0.2) is 53.9 Å². The predicted molar refractivity (Wildman–Crippen MR) is 147 cm³/mol. The fourth-order valence-corrected chi connectivity index (χ4v) is 5.25. The minimum atomic E-state index is -0.165. The van der Waals surface area contributed by atoms with Crippen molar-refractivity contribution in [2.45, 2.75) is 46.7 Å². The molecular weight excluding hydrogens is 470 g/mol. The Morgan fingerprint density at radius 3 is 2.44 bits per heavy atom. The van der Waals surface area contributed by atoms with Crippen LogP contribution in [0, 0.1) is 6.92 Å². The molecule has 1 aliphatic heterocycles. The number of para-hydroxylation sites is 2. The van der Waals surface area contributed by atoms with E-state index in [2.05, 4.69) is 47.2 Å². The van der Waals surface area contributed by atoms with E-state index < -0.39 is 0 Å². The van der Waals surface area contributed by atoms with Gasteiger partial charge in [0.25, 0.3) is 5.91 Å². The van der Waals surface area contributed by atoms with Gasteiger partial charge in [-0.05, 0) is 50.5 Å². The second-order valence-electron chi connectivity index (χ2n) is 9.35. The van der Waals surface area contributed by atoms with Gasteiger partial charge in [-0.3, -0.25) is 4.79 Å². The minimum absolute atomic E-state index is 0.0173. The van der Waals surface area contributed by atoms with Crippen LogP contribution in [-0.2, 0) is 13.0 Å². The Morgan fingerprint density at radius 2 is 1.75 bits per heavy atom. The van der Waals surface area contributed by atoms with Gasteiger partial charge in [0.1, 0.15) is 10.7 Å². The molecule has 3 aromatic rings. The van der Waals surface area contributed by atoms with E-state index >= 15 is 0 Å². The van der Waals surface area contributed by atoms with Gasteiger partial charge in [0.15, 0.2) is 0 Å². The van der Waals surface area contributed by atoms with Crippen LogP contribution in [0.3, 0.4) is 0 Å². The van der Waals surface area contributed by atoms with Crippen molar-refractivity contribution < 1.29 is 9.59 Å². The summed E-state index contributed by atoms with van der Waals surface area (Å²) in [5, 5.41) is 5.62. The summed E-state index contributed by atoms with van der Waals surface area (Å²) in [6, 6.07) is 16.0. The molecule has 8 heteroatoms. The van der Waals surface area contributed by atoms with E-state index in [1.54, 1.807) is 4.90 Å². The van der Waals surface area contributed by atoms with Crippen molar-refractivity contribution in [3.05, 3.63) is 75.7 Å². The Morgan fingerprint density at radius 1 is 1.06 bits per heavy atom. The molecule has 2 aromatic carbocycles. The van der Waals surface area contributed by atoms with Gasteiger partial charge in [-0.2, -0.15) is 0 Å². The zero-order valence-electron chi connectivity index (χ0n) is 21.5. The lowest BCUT2D eigenvalue weighted by Crippen LogP contribution is -2.49. The average molecular weight is 506 g/mol. The Hall–Kier alpha value is -3.39. The molecule has 36 heavy (non-hydrogen) atoms. The molecule has 2 heterocycles. The molecule has 1 saturated heterocycles. The predicted octanol–water partition coefficient (Wildman–Crippen LogP) is 5.42. The van der Waals surface area contributed by atoms with E-state index in [9.17, 15) is 9.59 Å². The zero-order valence-corrected chi connectivity index (χ0v) is 22.3. The molecular formula is C28H35N5O2S. The number of rotatable bonds is 7. The van der Waals surface area contributed by atoms with E-state index in [0.717, 1.165) is 35.8 Å². The number of piperazine rings is 1. The number of carbonyl (C=O) groups excluding carboxylic acids is 2. The number of aryl methyl sites for hydroxylation is 2. The number of anilines is 2. The summed E-state index contributed by atoms with van der Waals surface area (Å²) in [6.45, 7) is 11.4. The van der Waals surface area contributed by atoms with Gasteiger partial charge in [0.05, 0.1) is 6.54 Å². The molecule has 1 fully saturated rings. The molecule has 0 aliphatic carbocycles. The first-order valence-electron chi connectivity index (χ1n) is 12.6. The summed E-state index contributed by atoms with van der Waals surface area (Å²) < 4.78 is 0. The quantitative estimate of drug-likeness (QED) is 0.466. The van der Waals surface area contributed by atoms with E-state index in [4.69, 9.17) is 0 Å². The molecule has 7 nitrogen and oxygen atoms in total. The fourth-order valence-electron chi connectivity index (χ4n) is 4.48. The first-order chi connectivity index (χ1) is 17.4. The van der Waals surface area contributed by atoms with E-state index in [0.29, 0.717) is 25.3 Å². The maximum atomic E-state index is 13.1. The highest BCUT2D eigenvalue weighted by Gasteiger charge is 2.26. The van der Waals surface area contributed by atoms with Gasteiger partial charge >= 0.3 is 6.03 Å². The summed E-state index contributed by atoms with van der Waals surface area (Å²) in [5.74, 6) is -0.0423. The number of urea groups is 1. The standard InChI is InChI=1S/C28H35N5O2S/c1-5-22-11-7-8-12-23(22)30-28(35)33(20(2)3)18-26-29-24(19-36-26)27(34)32-16-14-31(15-17-32)25-13-9-6-10-21(25)4/h6-13,19-20H,5,14-18H2,1-4H3,(H,30,35). The van der Waals surface area contributed by atoms with Crippen LogP contribution in [0.25, 0.3) is 0 Å². The van der Waals surface area contributed by atoms with Crippen molar-refractivity contribution in [3.63, 3.8) is 0 Å². The first-order valence-corrected chi connectivity index (χ1v) is 13.4. The summed E-state index contributed by atoms with van der Waals surface area (Å²) in [5.41, 5.74) is 4.86. The lowest BCUT2D eigenvalue weighted by Gasteiger charge is -2.36. The molecule has 0 atom stereocenters. The lowest BCUT2D eigenvalue weighted by atomic mass is 10.1. The molecule has 190 valence electrons. The van der Waals surface area contributed by atoms with E-state index in [1.165, 1.54) is 22.6 Å². The molecule has 0 unspecified atom stereocenters. The molecule has 4 rings (SSSR count). The minimum Gasteiger partial charge on any atom is -0.368 e. The van der Waals surface area contributed by atoms with Crippen molar-refractivity contribution in [1.82, 2.24) is 14.8 Å². The van der Waals surface area contributed by atoms with Gasteiger partial charge < -0.3 is 20.0 Å². The highest BCUT2D eigenvalue weighted by molar-refractivity contribution is 7.09. The Balaban J connectivity index is 1.37. The molecule has 0 spiro atoms. The highest BCUT2D eigenvalue weighted by Crippen LogP contribution is 2.23. The normalized spacial score (nSPS) is 13.7. The SMILES string of the molecule is CCc1ccccc1NC(=O)N(Cc1nc(C(=O)N2CCN(c3ccccc3C)CC2)cs1)C(C)C. The number of hydrogen-bond donors (Lipinski definition) is 1. The lowest BCUT2D eigenvalue weighted by molar-refractivity contribution is 0.0741. The highest BCUT2D eigenvalue weighted by atomic mass is 32.1. The van der Waals surface area contributed by atoms with Crippen LogP contribution >= 0.6 is 11.3 Å². The van der Waals surface area contributed by atoms with Gasteiger partial charge in [0.2, 0.25) is 0 Å². The Labute approximate surface area is 217 Å². The number of thiazole rings is 1. The second kappa shape index (κ2) is 11.6. The van der Waals surface area contributed by atoms with Crippen LogP contribution in [-0.4, -0.2) is 58.9 Å². The third kappa shape index (κ3) is 5.87. The molecule has 0 bridgehead atoms. The van der Waals surface area contributed by atoms with Crippen molar-refractivity contribution in [2.75, 3.05) is 36.4 Å². The molecule has 1 N–H and O–H groups in total. The average Bonchev–Trinajstić information content (AvgIpc) is 3.36. The number of hydrogen-bond acceptors (Lipinski definition) is 5. The Bertz CT molecular complexity index is 1200. The van der Waals surface area contributed by atoms with E-state index in [-0.39, 0.29) is 18.0 Å². The monoisotopic (exact) mass is 505 g/mol. The van der Waals surface area contributed by atoms with E-state index in [1.807, 2.05) is 54.5 Å². The number of carbonyl (C=O) groups is 2. The smallest absolute Gasteiger partial charge is 0.322 e. The number of nitrogens with zero attached hydrogens (tertiary/aromatic N) is 4. The Kier molecular flexibility index (Phi) is 8.25.